The second kappa shape index (κ2) is 5.15. The molecule has 1 rings (SSSR count). The highest BCUT2D eigenvalue weighted by molar-refractivity contribution is 5.71. The summed E-state index contributed by atoms with van der Waals surface area (Å²) in [5.74, 6) is 0.0694. The van der Waals surface area contributed by atoms with E-state index >= 15 is 0 Å². The molecular formula is C14H20O2. The topological polar surface area (TPSA) is 26.3 Å². The van der Waals surface area contributed by atoms with Gasteiger partial charge in [-0.1, -0.05) is 37.3 Å². The van der Waals surface area contributed by atoms with Crippen molar-refractivity contribution in [1.82, 2.24) is 0 Å². The molecule has 1 atom stereocenters. The van der Waals surface area contributed by atoms with Gasteiger partial charge in [0.2, 0.25) is 0 Å². The first-order valence-corrected chi connectivity index (χ1v) is 5.65. The van der Waals surface area contributed by atoms with Crippen LogP contribution in [0, 0.1) is 0 Å². The summed E-state index contributed by atoms with van der Waals surface area (Å²) in [5.41, 5.74) is 0.779. The zero-order valence-corrected chi connectivity index (χ0v) is 10.5. The molecule has 0 aliphatic carbocycles. The maximum Gasteiger partial charge on any atom is 0.306 e. The van der Waals surface area contributed by atoms with Gasteiger partial charge in [-0.3, -0.25) is 4.79 Å². The van der Waals surface area contributed by atoms with Crippen LogP contribution in [0.25, 0.3) is 0 Å². The van der Waals surface area contributed by atoms with E-state index in [2.05, 4.69) is 0 Å². The van der Waals surface area contributed by atoms with Gasteiger partial charge in [-0.05, 0) is 32.3 Å². The van der Waals surface area contributed by atoms with Gasteiger partial charge in [0.15, 0.2) is 0 Å². The van der Waals surface area contributed by atoms with Crippen molar-refractivity contribution in [3.8, 4) is 0 Å². The predicted molar refractivity (Wildman–Crippen MR) is 65.3 cm³/mol. The first kappa shape index (κ1) is 12.8. The van der Waals surface area contributed by atoms with Gasteiger partial charge in [0.1, 0.15) is 5.60 Å². The fraction of sp³-hybridized carbons (Fsp3) is 0.500. The van der Waals surface area contributed by atoms with Crippen molar-refractivity contribution >= 4 is 5.97 Å². The van der Waals surface area contributed by atoms with Crippen LogP contribution in [0.2, 0.25) is 0 Å². The molecule has 1 aromatic rings. The Labute approximate surface area is 97.6 Å². The van der Waals surface area contributed by atoms with Gasteiger partial charge in [-0.2, -0.15) is 0 Å². The van der Waals surface area contributed by atoms with Crippen LogP contribution in [0.15, 0.2) is 30.3 Å². The minimum Gasteiger partial charge on any atom is -0.460 e. The summed E-state index contributed by atoms with van der Waals surface area (Å²) in [6, 6.07) is 10.0. The third-order valence-corrected chi connectivity index (χ3v) is 2.26. The van der Waals surface area contributed by atoms with E-state index in [0.29, 0.717) is 6.42 Å². The molecule has 0 aromatic heterocycles. The second-order valence-electron chi connectivity index (χ2n) is 5.10. The van der Waals surface area contributed by atoms with Crippen LogP contribution in [-0.4, -0.2) is 11.6 Å². The minimum atomic E-state index is -0.395. The molecule has 16 heavy (non-hydrogen) atoms. The predicted octanol–water partition coefficient (Wildman–Crippen LogP) is 3.52. The Bertz CT molecular complexity index is 336. The van der Waals surface area contributed by atoms with Crippen molar-refractivity contribution in [3.63, 3.8) is 0 Å². The van der Waals surface area contributed by atoms with Crippen molar-refractivity contribution in [1.29, 1.82) is 0 Å². The molecule has 0 unspecified atom stereocenters. The van der Waals surface area contributed by atoms with E-state index in [0.717, 1.165) is 0 Å². The zero-order valence-electron chi connectivity index (χ0n) is 10.5. The number of carbonyl (C=O) groups is 1. The Kier molecular flexibility index (Phi) is 4.11. The van der Waals surface area contributed by atoms with Gasteiger partial charge in [0, 0.05) is 0 Å². The molecule has 0 spiro atoms. The summed E-state index contributed by atoms with van der Waals surface area (Å²) in [5, 5.41) is 0. The summed E-state index contributed by atoms with van der Waals surface area (Å²) in [4.78, 5) is 11.6. The summed E-state index contributed by atoms with van der Waals surface area (Å²) >= 11 is 0. The number of hydrogen-bond donors (Lipinski definition) is 0. The third-order valence-electron chi connectivity index (χ3n) is 2.26. The molecule has 0 N–H and O–H groups in total. The van der Waals surface area contributed by atoms with Crippen LogP contribution in [0.4, 0.5) is 0 Å². The lowest BCUT2D eigenvalue weighted by Gasteiger charge is -2.21. The zero-order chi connectivity index (χ0) is 12.2. The van der Waals surface area contributed by atoms with Crippen LogP contribution in [0.1, 0.15) is 45.6 Å². The Morgan fingerprint density at radius 3 is 2.31 bits per heavy atom. The van der Waals surface area contributed by atoms with E-state index in [1.807, 2.05) is 58.0 Å². The van der Waals surface area contributed by atoms with Crippen molar-refractivity contribution in [2.75, 3.05) is 0 Å². The van der Waals surface area contributed by atoms with Crippen molar-refractivity contribution in [3.05, 3.63) is 35.9 Å². The van der Waals surface area contributed by atoms with Gasteiger partial charge >= 0.3 is 5.97 Å². The van der Waals surface area contributed by atoms with Crippen molar-refractivity contribution in [2.45, 2.75) is 45.6 Å². The lowest BCUT2D eigenvalue weighted by atomic mass is 9.98. The molecule has 1 aromatic carbocycles. The summed E-state index contributed by atoms with van der Waals surface area (Å²) in [7, 11) is 0. The molecule has 0 fully saturated rings. The number of ether oxygens (including phenoxy) is 1. The summed E-state index contributed by atoms with van der Waals surface area (Å²) < 4.78 is 5.29. The first-order valence-electron chi connectivity index (χ1n) is 5.65. The fourth-order valence-corrected chi connectivity index (χ4v) is 1.53. The molecule has 0 aliphatic rings. The van der Waals surface area contributed by atoms with Crippen LogP contribution >= 0.6 is 0 Å². The van der Waals surface area contributed by atoms with E-state index in [1.54, 1.807) is 0 Å². The highest BCUT2D eigenvalue weighted by Gasteiger charge is 2.18. The smallest absolute Gasteiger partial charge is 0.306 e. The van der Waals surface area contributed by atoms with Gasteiger partial charge < -0.3 is 4.74 Å². The van der Waals surface area contributed by atoms with Gasteiger partial charge in [-0.25, -0.2) is 0 Å². The fourth-order valence-electron chi connectivity index (χ4n) is 1.53. The van der Waals surface area contributed by atoms with E-state index < -0.39 is 5.60 Å². The van der Waals surface area contributed by atoms with Gasteiger partial charge in [-0.15, -0.1) is 0 Å². The first-order chi connectivity index (χ1) is 7.38. The normalized spacial score (nSPS) is 13.2. The van der Waals surface area contributed by atoms with E-state index in [4.69, 9.17) is 4.74 Å². The second-order valence-corrected chi connectivity index (χ2v) is 5.10. The molecule has 88 valence electrons. The standard InChI is InChI=1S/C14H20O2/c1-11(12-8-6-5-7-9-12)10-13(15)16-14(2,3)4/h5-9,11H,10H2,1-4H3/t11-/m0/s1. The van der Waals surface area contributed by atoms with E-state index in [-0.39, 0.29) is 11.9 Å². The number of hydrogen-bond acceptors (Lipinski definition) is 2. The van der Waals surface area contributed by atoms with Crippen molar-refractivity contribution in [2.24, 2.45) is 0 Å². The lowest BCUT2D eigenvalue weighted by Crippen LogP contribution is -2.24. The number of carbonyl (C=O) groups excluding carboxylic acids is 1. The molecule has 2 nitrogen and oxygen atoms in total. The quantitative estimate of drug-likeness (QED) is 0.728. The molecular weight excluding hydrogens is 200 g/mol. The SMILES string of the molecule is C[C@@H](CC(=O)OC(C)(C)C)c1ccccc1. The third kappa shape index (κ3) is 4.47. The van der Waals surface area contributed by atoms with E-state index in [9.17, 15) is 4.79 Å². The minimum absolute atomic E-state index is 0.135. The van der Waals surface area contributed by atoms with Crippen LogP contribution in [0.5, 0.6) is 0 Å². The Hall–Kier alpha value is -1.31. The molecule has 0 heterocycles. The molecule has 2 heteroatoms. The molecule has 0 radical (unpaired) electrons. The Morgan fingerprint density at radius 1 is 1.25 bits per heavy atom. The maximum absolute atomic E-state index is 11.6. The van der Waals surface area contributed by atoms with Crippen LogP contribution in [-0.2, 0) is 9.53 Å². The maximum atomic E-state index is 11.6. The average molecular weight is 220 g/mol. The molecule has 0 aliphatic heterocycles. The van der Waals surface area contributed by atoms with Gasteiger partial charge in [0.05, 0.1) is 6.42 Å². The highest BCUT2D eigenvalue weighted by Crippen LogP contribution is 2.20. The molecule has 0 amide bonds. The molecule has 0 saturated heterocycles. The average Bonchev–Trinajstić information content (AvgIpc) is 2.16. The lowest BCUT2D eigenvalue weighted by molar-refractivity contribution is -0.155. The number of rotatable bonds is 3. The largest absolute Gasteiger partial charge is 0.460 e. The number of benzene rings is 1. The van der Waals surface area contributed by atoms with Crippen molar-refractivity contribution < 1.29 is 9.53 Å². The summed E-state index contributed by atoms with van der Waals surface area (Å²) in [6.45, 7) is 7.70. The monoisotopic (exact) mass is 220 g/mol. The van der Waals surface area contributed by atoms with Crippen LogP contribution < -0.4 is 0 Å². The highest BCUT2D eigenvalue weighted by atomic mass is 16.6. The Balaban J connectivity index is 2.52. The van der Waals surface area contributed by atoms with E-state index in [1.165, 1.54) is 5.56 Å². The molecule has 0 bridgehead atoms. The van der Waals surface area contributed by atoms with Crippen LogP contribution in [0.3, 0.4) is 0 Å². The van der Waals surface area contributed by atoms with Gasteiger partial charge in [0.25, 0.3) is 0 Å². The Morgan fingerprint density at radius 2 is 1.81 bits per heavy atom. The molecule has 0 saturated carbocycles. The number of esters is 1. The summed E-state index contributed by atoms with van der Waals surface area (Å²) in [6.07, 6.45) is 0.432.